The first-order chi connectivity index (χ1) is 2.56. The van der Waals surface area contributed by atoms with Crippen molar-refractivity contribution in [3.05, 3.63) is 0 Å². The standard InChI is InChI=1S/H4O4P2.W/c1-6(2,3)4-5;/h5H2,(H2,1,2,3);. The maximum Gasteiger partial charge on any atom is 0.472 e. The summed E-state index contributed by atoms with van der Waals surface area (Å²) in [6.45, 7) is 0. The van der Waals surface area contributed by atoms with Crippen LogP contribution in [-0.2, 0) is 29.9 Å². The van der Waals surface area contributed by atoms with Crippen molar-refractivity contribution in [3.63, 3.8) is 0 Å². The zero-order valence-corrected chi connectivity index (χ0v) is 8.13. The summed E-state index contributed by atoms with van der Waals surface area (Å²) < 4.78 is 13.0. The van der Waals surface area contributed by atoms with Crippen LogP contribution in [0.25, 0.3) is 0 Å². The van der Waals surface area contributed by atoms with Crippen LogP contribution < -0.4 is 0 Å². The molecule has 0 fully saturated rings. The Kier molecular flexibility index (Phi) is 6.56. The molecular weight excluding hydrogens is 310 g/mol. The van der Waals surface area contributed by atoms with Gasteiger partial charge in [0.05, 0.1) is 0 Å². The Morgan fingerprint density at radius 1 is 1.57 bits per heavy atom. The zero-order valence-electron chi connectivity index (χ0n) is 3.14. The Morgan fingerprint density at radius 2 is 1.71 bits per heavy atom. The molecule has 1 atom stereocenters. The first-order valence-electron chi connectivity index (χ1n) is 1.00. The van der Waals surface area contributed by atoms with Gasteiger partial charge >= 0.3 is 7.82 Å². The van der Waals surface area contributed by atoms with Crippen LogP contribution in [-0.4, -0.2) is 9.79 Å². The molecule has 0 amide bonds. The van der Waals surface area contributed by atoms with Crippen LogP contribution in [0.1, 0.15) is 0 Å². The third-order valence-electron chi connectivity index (χ3n) is 0.137. The third kappa shape index (κ3) is 11.1. The van der Waals surface area contributed by atoms with Crippen molar-refractivity contribution < 1.29 is 39.7 Å². The van der Waals surface area contributed by atoms with Crippen molar-refractivity contribution in [2.45, 2.75) is 0 Å². The largest absolute Gasteiger partial charge is 0.472 e. The third-order valence-corrected chi connectivity index (χ3v) is 1.24. The van der Waals surface area contributed by atoms with Crippen molar-refractivity contribution in [3.8, 4) is 0 Å². The minimum absolute atomic E-state index is 0. The molecule has 0 aromatic carbocycles. The predicted octanol–water partition coefficient (Wildman–Crippen LogP) is -0.117. The molecule has 0 aliphatic heterocycles. The van der Waals surface area contributed by atoms with Gasteiger partial charge in [0.25, 0.3) is 0 Å². The summed E-state index contributed by atoms with van der Waals surface area (Å²) >= 11 is 0. The van der Waals surface area contributed by atoms with Gasteiger partial charge in [0.1, 0.15) is 0 Å². The van der Waals surface area contributed by atoms with Crippen LogP contribution in [0, 0.1) is 0 Å². The van der Waals surface area contributed by atoms with E-state index < -0.39 is 7.82 Å². The Hall–Kier alpha value is 1.23. The van der Waals surface area contributed by atoms with E-state index in [0.29, 0.717) is 0 Å². The van der Waals surface area contributed by atoms with Gasteiger partial charge in [-0.25, -0.2) is 4.57 Å². The molecule has 7 heteroatoms. The molecule has 2 N–H and O–H groups in total. The molecular formula is H4O4P2W. The first kappa shape index (κ1) is 11.1. The molecule has 4 nitrogen and oxygen atoms in total. The molecule has 0 saturated carbocycles. The SMILES string of the molecule is O=P(O)(O)OP.[W]. The van der Waals surface area contributed by atoms with Crippen LogP contribution in [0.2, 0.25) is 0 Å². The van der Waals surface area contributed by atoms with E-state index >= 15 is 0 Å². The summed E-state index contributed by atoms with van der Waals surface area (Å²) in [4.78, 5) is 15.4. The average molecular weight is 314 g/mol. The van der Waals surface area contributed by atoms with E-state index in [1.165, 1.54) is 9.47 Å². The van der Waals surface area contributed by atoms with Crippen molar-refractivity contribution in [2.24, 2.45) is 0 Å². The molecule has 7 heavy (non-hydrogen) atoms. The van der Waals surface area contributed by atoms with Gasteiger partial charge in [0.15, 0.2) is 0 Å². The number of hydrogen-bond donors (Lipinski definition) is 2. The van der Waals surface area contributed by atoms with Crippen molar-refractivity contribution >= 4 is 17.3 Å². The molecule has 0 aromatic heterocycles. The Bertz CT molecular complexity index is 73.8. The molecule has 0 aromatic rings. The van der Waals surface area contributed by atoms with E-state index in [2.05, 4.69) is 4.31 Å². The van der Waals surface area contributed by atoms with E-state index in [1.54, 1.807) is 0 Å². The number of rotatable bonds is 1. The van der Waals surface area contributed by atoms with E-state index in [9.17, 15) is 4.57 Å². The fourth-order valence-corrected chi connectivity index (χ4v) is 0. The summed E-state index contributed by atoms with van der Waals surface area (Å²) in [6, 6.07) is 0. The Balaban J connectivity index is 0. The maximum atomic E-state index is 9.45. The van der Waals surface area contributed by atoms with Gasteiger partial charge in [-0.3, -0.25) is 4.31 Å². The van der Waals surface area contributed by atoms with E-state index in [-0.39, 0.29) is 21.1 Å². The predicted molar refractivity (Wildman–Crippen MR) is 22.8 cm³/mol. The van der Waals surface area contributed by atoms with Gasteiger partial charge in [0, 0.05) is 30.5 Å². The summed E-state index contributed by atoms with van der Waals surface area (Å²) in [6.07, 6.45) is 0. The minimum atomic E-state index is -4.18. The second-order valence-electron chi connectivity index (χ2n) is 0.596. The average Bonchev–Trinajstić information content (AvgIpc) is 1.35. The van der Waals surface area contributed by atoms with Gasteiger partial charge < -0.3 is 9.79 Å². The van der Waals surface area contributed by atoms with Crippen LogP contribution in [0.4, 0.5) is 0 Å². The fraction of sp³-hybridized carbons (Fsp3) is 0. The number of hydrogen-bond acceptors (Lipinski definition) is 2. The van der Waals surface area contributed by atoms with Crippen molar-refractivity contribution in [2.75, 3.05) is 0 Å². The van der Waals surface area contributed by atoms with Gasteiger partial charge in [-0.05, 0) is 0 Å². The monoisotopic (exact) mass is 314 g/mol. The van der Waals surface area contributed by atoms with Crippen molar-refractivity contribution in [1.82, 2.24) is 0 Å². The normalized spacial score (nSPS) is 10.1. The summed E-state index contributed by atoms with van der Waals surface area (Å²) in [5, 5.41) is 0. The smallest absolute Gasteiger partial charge is 0.302 e. The number of phosphoric acid groups is 1. The van der Waals surface area contributed by atoms with Crippen LogP contribution in [0.3, 0.4) is 0 Å². The summed E-state index contributed by atoms with van der Waals surface area (Å²) in [5.41, 5.74) is 0. The second kappa shape index (κ2) is 4.14. The van der Waals surface area contributed by atoms with Gasteiger partial charge in [-0.2, -0.15) is 0 Å². The molecule has 0 spiro atoms. The zero-order chi connectivity index (χ0) is 5.21. The fourth-order valence-electron chi connectivity index (χ4n) is 0. The first-order valence-corrected chi connectivity index (χ1v) is 3.00. The van der Waals surface area contributed by atoms with E-state index in [4.69, 9.17) is 9.79 Å². The minimum Gasteiger partial charge on any atom is -0.302 e. The molecule has 0 saturated heterocycles. The molecule has 1 unspecified atom stereocenters. The van der Waals surface area contributed by atoms with Gasteiger partial charge in [-0.1, -0.05) is 0 Å². The summed E-state index contributed by atoms with van der Waals surface area (Å²) in [5.74, 6) is 0. The molecule has 44 valence electrons. The van der Waals surface area contributed by atoms with Crippen LogP contribution in [0.15, 0.2) is 0 Å². The second-order valence-corrected chi connectivity index (χ2v) is 2.42. The van der Waals surface area contributed by atoms with Crippen LogP contribution >= 0.6 is 17.3 Å². The molecule has 0 radical (unpaired) electrons. The Labute approximate surface area is 57.4 Å². The van der Waals surface area contributed by atoms with Crippen molar-refractivity contribution in [1.29, 1.82) is 0 Å². The molecule has 0 aliphatic rings. The summed E-state index contributed by atoms with van der Waals surface area (Å²) in [7, 11) is -2.72. The van der Waals surface area contributed by atoms with Gasteiger partial charge in [-0.15, -0.1) is 0 Å². The van der Waals surface area contributed by atoms with E-state index in [1.807, 2.05) is 0 Å². The van der Waals surface area contributed by atoms with Crippen LogP contribution in [0.5, 0.6) is 0 Å². The molecule has 0 rings (SSSR count). The molecule has 0 aliphatic carbocycles. The molecule has 0 bridgehead atoms. The van der Waals surface area contributed by atoms with Gasteiger partial charge in [0.2, 0.25) is 0 Å². The molecule has 0 heterocycles. The van der Waals surface area contributed by atoms with E-state index in [0.717, 1.165) is 0 Å². The quantitative estimate of drug-likeness (QED) is 0.663. The Morgan fingerprint density at radius 3 is 1.71 bits per heavy atom. The topological polar surface area (TPSA) is 66.8 Å². The maximum absolute atomic E-state index is 9.45.